The molecular formula is C34H32Cl2F3N5O4. The van der Waals surface area contributed by atoms with E-state index in [9.17, 15) is 14.7 Å². The molecule has 0 saturated carbocycles. The Morgan fingerprint density at radius 1 is 1.02 bits per heavy atom. The molecule has 2 aliphatic heterocycles. The molecule has 4 heterocycles. The maximum Gasteiger partial charge on any atom is 0.300 e. The van der Waals surface area contributed by atoms with E-state index in [0.717, 1.165) is 16.7 Å². The summed E-state index contributed by atoms with van der Waals surface area (Å²) in [6.07, 6.45) is 2.57. The largest absolute Gasteiger partial charge is 0.506 e. The van der Waals surface area contributed by atoms with Crippen LogP contribution in [0.15, 0.2) is 35.9 Å². The van der Waals surface area contributed by atoms with Crippen LogP contribution < -0.4 is 15.2 Å². The fourth-order valence-electron chi connectivity index (χ4n) is 6.65. The molecule has 2 aliphatic rings. The number of aromatic hydroxyl groups is 1. The van der Waals surface area contributed by atoms with Crippen molar-refractivity contribution in [2.75, 3.05) is 24.6 Å². The third-order valence-corrected chi connectivity index (χ3v) is 9.44. The summed E-state index contributed by atoms with van der Waals surface area (Å²) in [7, 11) is 0. The molecule has 2 aromatic heterocycles. The summed E-state index contributed by atoms with van der Waals surface area (Å²) >= 11 is 12.1. The van der Waals surface area contributed by atoms with Crippen molar-refractivity contribution in [1.82, 2.24) is 19.4 Å². The maximum atomic E-state index is 17.4. The molecule has 14 heteroatoms. The molecule has 1 amide bonds. The molecule has 2 aromatic carbocycles. The fraction of sp³-hybridized carbons (Fsp3) is 0.353. The number of aromatic nitrogens is 3. The minimum atomic E-state index is -1.36. The fourth-order valence-corrected chi connectivity index (χ4v) is 7.11. The minimum absolute atomic E-state index is 0.00387. The average Bonchev–Trinajstić information content (AvgIpc) is 3.04. The molecule has 252 valence electrons. The number of hydrogen-bond acceptors (Lipinski definition) is 7. The number of hydrogen-bond donors (Lipinski definition) is 1. The van der Waals surface area contributed by atoms with Gasteiger partial charge in [0.1, 0.15) is 24.5 Å². The predicted octanol–water partition coefficient (Wildman–Crippen LogP) is 7.11. The van der Waals surface area contributed by atoms with Crippen LogP contribution in [0.25, 0.3) is 27.7 Å². The summed E-state index contributed by atoms with van der Waals surface area (Å²) in [6, 6.07) is 1.04. The number of rotatable bonds is 5. The number of ether oxygens (including phenoxy) is 1. The average molecular weight is 703 g/mol. The van der Waals surface area contributed by atoms with E-state index < -0.39 is 61.5 Å². The molecule has 9 nitrogen and oxygen atoms in total. The molecular weight excluding hydrogens is 670 g/mol. The first-order chi connectivity index (χ1) is 22.7. The Labute approximate surface area is 284 Å². The zero-order chi connectivity index (χ0) is 34.9. The quantitative estimate of drug-likeness (QED) is 0.175. The summed E-state index contributed by atoms with van der Waals surface area (Å²) < 4.78 is 56.5. The van der Waals surface area contributed by atoms with E-state index >= 15 is 13.2 Å². The summed E-state index contributed by atoms with van der Waals surface area (Å²) in [5.41, 5.74) is -1.99. The van der Waals surface area contributed by atoms with E-state index in [4.69, 9.17) is 27.9 Å². The molecule has 0 spiro atoms. The van der Waals surface area contributed by atoms with Crippen LogP contribution in [0.5, 0.6) is 11.5 Å². The Morgan fingerprint density at radius 2 is 1.67 bits per heavy atom. The van der Waals surface area contributed by atoms with Crippen molar-refractivity contribution in [3.8, 4) is 28.3 Å². The van der Waals surface area contributed by atoms with Crippen molar-refractivity contribution >= 4 is 45.7 Å². The van der Waals surface area contributed by atoms with Gasteiger partial charge in [0, 0.05) is 24.5 Å². The monoisotopic (exact) mass is 701 g/mol. The number of pyridine rings is 1. The van der Waals surface area contributed by atoms with E-state index in [1.165, 1.54) is 12.4 Å². The first-order valence-electron chi connectivity index (χ1n) is 15.3. The smallest absolute Gasteiger partial charge is 0.300 e. The number of phenolic OH excluding ortho intramolecular Hbond substituents is 1. The number of amides is 1. The minimum Gasteiger partial charge on any atom is -0.506 e. The standard InChI is InChI=1S/C34H32Cl2F3N5O4/c1-7-22(45)42-11-17-12-48-33-30(43(17)10-16(42)6)18-8-21(37)23(24-25(38)19(35)9-20(36)32(24)46)26(39)29(18)44(34(33)47)31-27(14(2)3)40-13-41-28(31)15(4)5/h7-9,13-17,46H,1,10-12H2,2-6H3. The molecule has 0 bridgehead atoms. The lowest BCUT2D eigenvalue weighted by molar-refractivity contribution is -0.129. The van der Waals surface area contributed by atoms with E-state index in [2.05, 4.69) is 16.5 Å². The van der Waals surface area contributed by atoms with Crippen LogP contribution in [0.4, 0.5) is 18.9 Å². The van der Waals surface area contributed by atoms with Gasteiger partial charge in [-0.05, 0) is 37.0 Å². The number of carbonyl (C=O) groups excluding carboxylic acids is 1. The first-order valence-corrected chi connectivity index (χ1v) is 16.1. The Kier molecular flexibility index (Phi) is 8.61. The van der Waals surface area contributed by atoms with Gasteiger partial charge in [0.25, 0.3) is 5.56 Å². The normalized spacial score (nSPS) is 17.5. The van der Waals surface area contributed by atoms with Gasteiger partial charge in [0.15, 0.2) is 11.6 Å². The second kappa shape index (κ2) is 12.3. The highest BCUT2D eigenvalue weighted by atomic mass is 35.5. The Bertz CT molecular complexity index is 2030. The Hall–Kier alpha value is -4.29. The van der Waals surface area contributed by atoms with Gasteiger partial charge in [-0.3, -0.25) is 14.2 Å². The van der Waals surface area contributed by atoms with Crippen molar-refractivity contribution in [3.63, 3.8) is 0 Å². The van der Waals surface area contributed by atoms with Crippen LogP contribution in [0.3, 0.4) is 0 Å². The zero-order valence-electron chi connectivity index (χ0n) is 26.7. The van der Waals surface area contributed by atoms with Crippen molar-refractivity contribution in [2.45, 2.75) is 58.5 Å². The number of nitrogens with zero attached hydrogens (tertiary/aromatic N) is 5. The summed E-state index contributed by atoms with van der Waals surface area (Å²) in [4.78, 5) is 39.7. The molecule has 2 unspecified atom stereocenters. The van der Waals surface area contributed by atoms with Crippen molar-refractivity contribution < 1.29 is 27.8 Å². The molecule has 6 rings (SSSR count). The molecule has 1 saturated heterocycles. The lowest BCUT2D eigenvalue weighted by atomic mass is 9.96. The molecule has 0 radical (unpaired) electrons. The van der Waals surface area contributed by atoms with Gasteiger partial charge < -0.3 is 19.6 Å². The Balaban J connectivity index is 1.79. The predicted molar refractivity (Wildman–Crippen MR) is 178 cm³/mol. The molecule has 1 N–H and O–H groups in total. The van der Waals surface area contributed by atoms with Gasteiger partial charge in [-0.1, -0.05) is 57.5 Å². The van der Waals surface area contributed by atoms with Crippen molar-refractivity contribution in [3.05, 3.63) is 80.4 Å². The second-order valence-corrected chi connectivity index (χ2v) is 13.4. The van der Waals surface area contributed by atoms with Crippen LogP contribution in [0.1, 0.15) is 57.8 Å². The second-order valence-electron chi connectivity index (χ2n) is 12.6. The van der Waals surface area contributed by atoms with Crippen LogP contribution in [-0.4, -0.2) is 62.2 Å². The van der Waals surface area contributed by atoms with Gasteiger partial charge >= 0.3 is 0 Å². The lowest BCUT2D eigenvalue weighted by Crippen LogP contribution is -2.62. The van der Waals surface area contributed by atoms with E-state index in [1.807, 2.05) is 39.5 Å². The molecule has 0 aliphatic carbocycles. The number of fused-ring (bicyclic) bond motifs is 5. The highest BCUT2D eigenvalue weighted by Gasteiger charge is 2.42. The highest BCUT2D eigenvalue weighted by Crippen LogP contribution is 2.48. The number of halogens is 5. The lowest BCUT2D eigenvalue weighted by Gasteiger charge is -2.48. The number of benzene rings is 2. The van der Waals surface area contributed by atoms with Gasteiger partial charge in [-0.15, -0.1) is 0 Å². The van der Waals surface area contributed by atoms with Gasteiger partial charge in [-0.25, -0.2) is 23.1 Å². The summed E-state index contributed by atoms with van der Waals surface area (Å²) in [5, 5.41) is 9.72. The van der Waals surface area contributed by atoms with E-state index in [0.29, 0.717) is 11.4 Å². The molecule has 2 atom stereocenters. The van der Waals surface area contributed by atoms with Crippen LogP contribution in [-0.2, 0) is 4.79 Å². The molecule has 4 aromatic rings. The summed E-state index contributed by atoms with van der Waals surface area (Å²) in [5.74, 6) is -5.87. The number of piperazine rings is 1. The van der Waals surface area contributed by atoms with Gasteiger partial charge in [0.05, 0.1) is 55.5 Å². The summed E-state index contributed by atoms with van der Waals surface area (Å²) in [6.45, 7) is 13.2. The van der Waals surface area contributed by atoms with Crippen LogP contribution >= 0.6 is 23.2 Å². The maximum absolute atomic E-state index is 17.4. The first kappa shape index (κ1) is 33.6. The number of phenols is 1. The topological polar surface area (TPSA) is 101 Å². The number of carbonyl (C=O) groups is 1. The van der Waals surface area contributed by atoms with E-state index in [-0.39, 0.29) is 66.0 Å². The third-order valence-electron chi connectivity index (χ3n) is 8.88. The van der Waals surface area contributed by atoms with Crippen LogP contribution in [0.2, 0.25) is 10.0 Å². The van der Waals surface area contributed by atoms with Crippen molar-refractivity contribution in [2.24, 2.45) is 0 Å². The Morgan fingerprint density at radius 3 is 2.27 bits per heavy atom. The SMILES string of the molecule is C=CC(=O)N1CC2COc3c(c4cc(F)c(-c5c(O)c(Cl)cc(Cl)c5F)c(F)c4n(-c4c(C(C)C)ncnc4C(C)C)c3=O)N2CC1C. The van der Waals surface area contributed by atoms with Gasteiger partial charge in [-0.2, -0.15) is 0 Å². The molecule has 48 heavy (non-hydrogen) atoms. The van der Waals surface area contributed by atoms with Crippen molar-refractivity contribution in [1.29, 1.82) is 0 Å². The number of anilines is 1. The van der Waals surface area contributed by atoms with Gasteiger partial charge in [0.2, 0.25) is 11.7 Å². The third kappa shape index (κ3) is 5.07. The highest BCUT2D eigenvalue weighted by molar-refractivity contribution is 6.36. The van der Waals surface area contributed by atoms with Crippen LogP contribution in [0, 0.1) is 17.5 Å². The molecule has 1 fully saturated rings. The van der Waals surface area contributed by atoms with E-state index in [1.54, 1.807) is 4.90 Å². The zero-order valence-corrected chi connectivity index (χ0v) is 28.3.